The van der Waals surface area contributed by atoms with Gasteiger partial charge in [-0.25, -0.2) is 9.98 Å². The summed E-state index contributed by atoms with van der Waals surface area (Å²) < 4.78 is 0. The van der Waals surface area contributed by atoms with Crippen LogP contribution in [-0.2, 0) is 25.7 Å². The molecule has 3 aliphatic rings. The molecule has 0 saturated carbocycles. The lowest BCUT2D eigenvalue weighted by molar-refractivity contribution is 0.599. The topological polar surface area (TPSA) is 80.1 Å². The van der Waals surface area contributed by atoms with Crippen molar-refractivity contribution in [2.75, 3.05) is 0 Å². The van der Waals surface area contributed by atoms with Crippen LogP contribution in [0.25, 0.3) is 11.1 Å². The molecule has 0 unspecified atom stereocenters. The van der Waals surface area contributed by atoms with Crippen molar-refractivity contribution in [3.05, 3.63) is 151 Å². The molecule has 2 N–H and O–H groups in total. The third-order valence-corrected chi connectivity index (χ3v) is 14.2. The van der Waals surface area contributed by atoms with Gasteiger partial charge in [-0.1, -0.05) is 156 Å². The minimum Gasteiger partial charge on any atom is -0.357 e. The maximum absolute atomic E-state index is 12.1. The van der Waals surface area contributed by atoms with E-state index in [2.05, 4.69) is 146 Å². The molecule has 0 saturated heterocycles. The van der Waals surface area contributed by atoms with Gasteiger partial charge >= 0.3 is 0 Å². The van der Waals surface area contributed by atoms with Crippen molar-refractivity contribution in [3.8, 4) is 6.07 Å². The molecule has 324 valence electrons. The first-order valence-corrected chi connectivity index (χ1v) is 24.4. The highest BCUT2D eigenvalue weighted by molar-refractivity contribution is 6.29. The van der Waals surface area contributed by atoms with Gasteiger partial charge in [0.25, 0.3) is 0 Å². The predicted molar refractivity (Wildman–Crippen MR) is 263 cm³/mol. The summed E-state index contributed by atoms with van der Waals surface area (Å²) in [5, 5.41) is 12.1. The van der Waals surface area contributed by atoms with Crippen LogP contribution in [0.1, 0.15) is 196 Å². The molecule has 3 aliphatic heterocycles. The van der Waals surface area contributed by atoms with E-state index < -0.39 is 5.41 Å². The van der Waals surface area contributed by atoms with Gasteiger partial charge in [0, 0.05) is 28.5 Å². The van der Waals surface area contributed by atoms with Crippen LogP contribution in [0.2, 0.25) is 0 Å². The maximum Gasteiger partial charge on any atom is 0.142 e. The summed E-state index contributed by atoms with van der Waals surface area (Å²) >= 11 is 0. The van der Waals surface area contributed by atoms with Crippen LogP contribution >= 0.6 is 0 Å². The number of H-pyrrole nitrogens is 2. The van der Waals surface area contributed by atoms with Crippen LogP contribution in [-0.4, -0.2) is 21.4 Å². The van der Waals surface area contributed by atoms with Crippen LogP contribution < -0.4 is 0 Å². The van der Waals surface area contributed by atoms with Crippen LogP contribution in [0.3, 0.4) is 0 Å². The number of allylic oxidation sites excluding steroid dienone is 4. The molecule has 0 radical (unpaired) electrons. The highest BCUT2D eigenvalue weighted by atomic mass is 14.9. The number of aliphatic imine (C=N–C) groups is 2. The van der Waals surface area contributed by atoms with Gasteiger partial charge in [0.15, 0.2) is 0 Å². The molecule has 2 aromatic heterocycles. The number of unbranched alkanes of at least 4 members (excludes halogenated alkanes) is 2. The number of hydrogen-bond donors (Lipinski definition) is 2. The Morgan fingerprint density at radius 3 is 1.26 bits per heavy atom. The van der Waals surface area contributed by atoms with Crippen molar-refractivity contribution in [3.63, 3.8) is 0 Å². The number of aromatic nitrogens is 2. The monoisotopic (exact) mass is 826 g/mol. The number of nitrogens with one attached hydrogen (secondary N) is 2. The number of nitrogens with zero attached hydrogens (tertiary/aromatic N) is 3. The largest absolute Gasteiger partial charge is 0.357 e. The normalized spacial score (nSPS) is 18.9. The van der Waals surface area contributed by atoms with Crippen molar-refractivity contribution >= 4 is 22.6 Å². The zero-order valence-corrected chi connectivity index (χ0v) is 39.6. The second kappa shape index (κ2) is 19.5. The van der Waals surface area contributed by atoms with Crippen LogP contribution in [0.15, 0.2) is 104 Å². The second-order valence-electron chi connectivity index (χ2n) is 17.4. The lowest BCUT2D eigenvalue weighted by atomic mass is 9.69. The molecule has 7 rings (SSSR count). The molecule has 5 nitrogen and oxygen atoms in total. The average Bonchev–Trinajstić information content (AvgIpc) is 4.08. The standard InChI is InChI=1S/C57H71N5/c1-11-21-33-46-49-38(13-3)40(15-5)51(59-49)47(36-29-25-23-26-30-36)53-42(17-7)44(19-9)55(61-53)57(35-58,34-22-12-2)56-45(20-10)43(18-8)54(62-56)48(37-31-27-24-28-32-37)52-41(16-6)39(14-4)50(46)60-52/h23-32,46,59-60H,11-22,33-34H2,1-10H3. The van der Waals surface area contributed by atoms with Gasteiger partial charge < -0.3 is 9.97 Å². The highest BCUT2D eigenvalue weighted by Gasteiger charge is 2.49. The molecular weight excluding hydrogens is 755 g/mol. The van der Waals surface area contributed by atoms with Gasteiger partial charge in [0.2, 0.25) is 0 Å². The predicted octanol–water partition coefficient (Wildman–Crippen LogP) is 15.3. The zero-order valence-electron chi connectivity index (χ0n) is 39.6. The zero-order chi connectivity index (χ0) is 44.1. The minimum absolute atomic E-state index is 0.153. The van der Waals surface area contributed by atoms with Crippen LogP contribution in [0.4, 0.5) is 0 Å². The van der Waals surface area contributed by atoms with Crippen molar-refractivity contribution in [1.82, 2.24) is 9.97 Å². The van der Waals surface area contributed by atoms with Crippen molar-refractivity contribution in [2.24, 2.45) is 15.4 Å². The number of nitriles is 1. The molecule has 0 spiro atoms. The molecule has 62 heavy (non-hydrogen) atoms. The van der Waals surface area contributed by atoms with E-state index in [-0.39, 0.29) is 5.92 Å². The van der Waals surface area contributed by atoms with E-state index >= 15 is 0 Å². The number of hydrogen-bond acceptors (Lipinski definition) is 3. The minimum atomic E-state index is -1.03. The second-order valence-corrected chi connectivity index (χ2v) is 17.4. The fraction of sp³-hybridized carbons (Fsp3) is 0.456. The molecule has 0 aliphatic carbocycles. The van der Waals surface area contributed by atoms with E-state index in [0.29, 0.717) is 6.42 Å². The summed E-state index contributed by atoms with van der Waals surface area (Å²) in [4.78, 5) is 20.4. The van der Waals surface area contributed by atoms with Gasteiger partial charge in [-0.3, -0.25) is 0 Å². The Balaban J connectivity index is 1.79. The summed E-state index contributed by atoms with van der Waals surface area (Å²) in [6.45, 7) is 23.0. The van der Waals surface area contributed by atoms with Gasteiger partial charge in [-0.05, 0) is 120 Å². The van der Waals surface area contributed by atoms with E-state index in [1.54, 1.807) is 0 Å². The van der Waals surface area contributed by atoms with Gasteiger partial charge in [0.05, 0.1) is 40.3 Å². The molecule has 0 amide bonds. The van der Waals surface area contributed by atoms with Gasteiger partial charge in [-0.15, -0.1) is 0 Å². The van der Waals surface area contributed by atoms with Gasteiger partial charge in [0.1, 0.15) is 5.41 Å². The summed E-state index contributed by atoms with van der Waals surface area (Å²) in [6.07, 6.45) is 12.8. The van der Waals surface area contributed by atoms with Crippen LogP contribution in [0.5, 0.6) is 0 Å². The van der Waals surface area contributed by atoms with E-state index in [1.165, 1.54) is 67.3 Å². The Labute approximate surface area is 373 Å². The SMILES string of the molecule is CCCCC1c2[nH]c(c(CC)c2CC)C(c2ccccc2)=C2N=C(C(CC)=C2CC)C(C#N)(CCCC)C2=NC(=C(c3ccccc3)c3[nH]c1c(CC)c3CC)C(CC)=C2CC. The fourth-order valence-corrected chi connectivity index (χ4v) is 11.3. The smallest absolute Gasteiger partial charge is 0.142 e. The van der Waals surface area contributed by atoms with Crippen molar-refractivity contribution in [1.29, 1.82) is 5.26 Å². The van der Waals surface area contributed by atoms with E-state index in [4.69, 9.17) is 9.98 Å². The maximum atomic E-state index is 12.1. The number of benzene rings is 2. The highest BCUT2D eigenvalue weighted by Crippen LogP contribution is 2.51. The first-order valence-electron chi connectivity index (χ1n) is 24.4. The molecule has 5 heteroatoms. The molecular formula is C57H71N5. The Kier molecular flexibility index (Phi) is 14.1. The van der Waals surface area contributed by atoms with Crippen LogP contribution in [0, 0.1) is 16.7 Å². The Morgan fingerprint density at radius 1 is 0.516 bits per heavy atom. The van der Waals surface area contributed by atoms with Crippen molar-refractivity contribution in [2.45, 2.75) is 165 Å². The molecule has 0 fully saturated rings. The van der Waals surface area contributed by atoms with E-state index in [0.717, 1.165) is 129 Å². The Bertz CT molecular complexity index is 2360. The fourth-order valence-electron chi connectivity index (χ4n) is 11.3. The molecule has 8 bridgehead atoms. The first kappa shape index (κ1) is 44.8. The molecule has 5 heterocycles. The average molecular weight is 826 g/mol. The Morgan fingerprint density at radius 2 is 0.919 bits per heavy atom. The molecule has 2 aromatic carbocycles. The van der Waals surface area contributed by atoms with E-state index in [1.807, 2.05) is 0 Å². The number of fused-ring (bicyclic) bond motifs is 6. The van der Waals surface area contributed by atoms with Gasteiger partial charge in [-0.2, -0.15) is 5.26 Å². The summed E-state index contributed by atoms with van der Waals surface area (Å²) in [5.74, 6) is 0.153. The summed E-state index contributed by atoms with van der Waals surface area (Å²) in [6, 6.07) is 25.0. The summed E-state index contributed by atoms with van der Waals surface area (Å²) in [5.41, 5.74) is 23.1. The first-order chi connectivity index (χ1) is 30.3. The molecule has 4 aromatic rings. The van der Waals surface area contributed by atoms with Crippen molar-refractivity contribution < 1.29 is 0 Å². The van der Waals surface area contributed by atoms with E-state index in [9.17, 15) is 5.26 Å². The lowest BCUT2D eigenvalue weighted by Gasteiger charge is -2.30. The molecule has 0 atom stereocenters. The Hall–Kier alpha value is -5.21. The number of aromatic amines is 2. The third kappa shape index (κ3) is 7.36. The lowest BCUT2D eigenvalue weighted by Crippen LogP contribution is -2.39. The number of rotatable bonds is 16. The summed E-state index contributed by atoms with van der Waals surface area (Å²) in [7, 11) is 0. The third-order valence-electron chi connectivity index (χ3n) is 14.2. The quantitative estimate of drug-likeness (QED) is 0.116.